The number of halogens is 1. The van der Waals surface area contributed by atoms with Crippen LogP contribution in [0.1, 0.15) is 11.6 Å². The van der Waals surface area contributed by atoms with Gasteiger partial charge >= 0.3 is 0 Å². The Kier molecular flexibility index (Phi) is 4.17. The van der Waals surface area contributed by atoms with E-state index in [4.69, 9.17) is 11.5 Å². The molecule has 7 heteroatoms. The number of nitrogens with two attached hydrogens (primary N) is 2. The number of likely N-dealkylation sites (N-methyl/N-ethyl adjacent to an activating group) is 1. The van der Waals surface area contributed by atoms with E-state index in [9.17, 15) is 0 Å². The van der Waals surface area contributed by atoms with Crippen LogP contribution in [0.25, 0.3) is 0 Å². The molecule has 1 aliphatic heterocycles. The molecule has 22 heavy (non-hydrogen) atoms. The van der Waals surface area contributed by atoms with Gasteiger partial charge in [0.2, 0.25) is 5.95 Å². The van der Waals surface area contributed by atoms with Gasteiger partial charge in [-0.05, 0) is 18.7 Å². The average molecular weight is 363 g/mol. The van der Waals surface area contributed by atoms with E-state index in [2.05, 4.69) is 60.9 Å². The summed E-state index contributed by atoms with van der Waals surface area (Å²) in [6, 6.07) is 10.4. The minimum atomic E-state index is 0.214. The molecular formula is C15H19BrN6. The van der Waals surface area contributed by atoms with Crippen molar-refractivity contribution in [3.05, 3.63) is 40.4 Å². The zero-order chi connectivity index (χ0) is 15.7. The molecule has 1 fully saturated rings. The molecule has 1 saturated heterocycles. The fourth-order valence-corrected chi connectivity index (χ4v) is 3.35. The molecule has 2 heterocycles. The van der Waals surface area contributed by atoms with E-state index in [-0.39, 0.29) is 12.0 Å². The van der Waals surface area contributed by atoms with Crippen LogP contribution in [-0.4, -0.2) is 41.5 Å². The Hall–Kier alpha value is -1.86. The van der Waals surface area contributed by atoms with Gasteiger partial charge in [-0.15, -0.1) is 0 Å². The van der Waals surface area contributed by atoms with Crippen LogP contribution in [-0.2, 0) is 0 Å². The lowest BCUT2D eigenvalue weighted by molar-refractivity contribution is 0.220. The lowest BCUT2D eigenvalue weighted by atomic mass is 10.0. The fourth-order valence-electron chi connectivity index (χ4n) is 2.80. The molecule has 1 aliphatic rings. The third-order valence-corrected chi connectivity index (χ3v) is 4.71. The number of rotatable bonds is 2. The number of anilines is 3. The first-order valence-electron chi connectivity index (χ1n) is 7.14. The molecule has 1 atom stereocenters. The Morgan fingerprint density at radius 1 is 1.18 bits per heavy atom. The maximum Gasteiger partial charge on any atom is 0.223 e. The Balaban J connectivity index is 1.89. The van der Waals surface area contributed by atoms with Crippen LogP contribution in [0.15, 0.2) is 34.8 Å². The molecule has 0 radical (unpaired) electrons. The maximum atomic E-state index is 5.79. The first-order chi connectivity index (χ1) is 10.5. The van der Waals surface area contributed by atoms with Gasteiger partial charge in [0.25, 0.3) is 0 Å². The van der Waals surface area contributed by atoms with Crippen molar-refractivity contribution >= 4 is 33.5 Å². The summed E-state index contributed by atoms with van der Waals surface area (Å²) in [5, 5.41) is 0. The third kappa shape index (κ3) is 3.00. The number of hydrogen-bond acceptors (Lipinski definition) is 6. The largest absolute Gasteiger partial charge is 0.383 e. The quantitative estimate of drug-likeness (QED) is 0.848. The first-order valence-corrected chi connectivity index (χ1v) is 7.93. The zero-order valence-corrected chi connectivity index (χ0v) is 14.0. The summed E-state index contributed by atoms with van der Waals surface area (Å²) in [5.41, 5.74) is 12.8. The molecule has 0 amide bonds. The minimum absolute atomic E-state index is 0.214. The standard InChI is InChI=1S/C15H19BrN6/c1-21-6-7-22(14-8-13(17)19-15(18)20-14)9-12(21)10-4-2-3-5-11(10)16/h2-5,8,12H,6-7,9H2,1H3,(H4,17,18,19,20)/t12-/m1/s1. The van der Waals surface area contributed by atoms with E-state index < -0.39 is 0 Å². The number of benzene rings is 1. The van der Waals surface area contributed by atoms with Gasteiger partial charge in [0.05, 0.1) is 6.04 Å². The van der Waals surface area contributed by atoms with Crippen LogP contribution in [0.2, 0.25) is 0 Å². The predicted molar refractivity (Wildman–Crippen MR) is 92.6 cm³/mol. The lowest BCUT2D eigenvalue weighted by Gasteiger charge is -2.40. The monoisotopic (exact) mass is 362 g/mol. The van der Waals surface area contributed by atoms with Gasteiger partial charge < -0.3 is 16.4 Å². The summed E-state index contributed by atoms with van der Waals surface area (Å²) in [5.74, 6) is 1.40. The van der Waals surface area contributed by atoms with Gasteiger partial charge in [0.1, 0.15) is 11.6 Å². The zero-order valence-electron chi connectivity index (χ0n) is 12.4. The molecule has 6 nitrogen and oxygen atoms in total. The van der Waals surface area contributed by atoms with Crippen molar-refractivity contribution in [1.29, 1.82) is 0 Å². The molecule has 0 bridgehead atoms. The van der Waals surface area contributed by atoms with E-state index in [0.29, 0.717) is 5.82 Å². The van der Waals surface area contributed by atoms with Crippen molar-refractivity contribution in [3.63, 3.8) is 0 Å². The minimum Gasteiger partial charge on any atom is -0.383 e. The Bertz CT molecular complexity index is 657. The number of aromatic nitrogens is 2. The van der Waals surface area contributed by atoms with Crippen LogP contribution in [0, 0.1) is 0 Å². The van der Waals surface area contributed by atoms with Gasteiger partial charge in [-0.1, -0.05) is 34.1 Å². The molecule has 1 aromatic carbocycles. The van der Waals surface area contributed by atoms with Crippen molar-refractivity contribution in [2.24, 2.45) is 0 Å². The van der Waals surface area contributed by atoms with E-state index in [0.717, 1.165) is 29.9 Å². The van der Waals surface area contributed by atoms with Crippen molar-refractivity contribution in [3.8, 4) is 0 Å². The summed E-state index contributed by atoms with van der Waals surface area (Å²) < 4.78 is 1.12. The van der Waals surface area contributed by atoms with Crippen LogP contribution < -0.4 is 16.4 Å². The van der Waals surface area contributed by atoms with E-state index >= 15 is 0 Å². The topological polar surface area (TPSA) is 84.3 Å². The fraction of sp³-hybridized carbons (Fsp3) is 0.333. The molecule has 0 spiro atoms. The second-order valence-electron chi connectivity index (χ2n) is 5.47. The van der Waals surface area contributed by atoms with E-state index in [1.165, 1.54) is 5.56 Å². The molecule has 0 unspecified atom stereocenters. The van der Waals surface area contributed by atoms with Crippen LogP contribution in [0.3, 0.4) is 0 Å². The summed E-state index contributed by atoms with van der Waals surface area (Å²) >= 11 is 3.65. The van der Waals surface area contributed by atoms with Crippen molar-refractivity contribution in [2.75, 3.05) is 43.0 Å². The van der Waals surface area contributed by atoms with Crippen molar-refractivity contribution < 1.29 is 0 Å². The van der Waals surface area contributed by atoms with Gasteiger partial charge in [-0.3, -0.25) is 4.90 Å². The summed E-state index contributed by atoms with van der Waals surface area (Å²) in [6.07, 6.45) is 0. The molecular weight excluding hydrogens is 344 g/mol. The first kappa shape index (κ1) is 15.1. The number of hydrogen-bond donors (Lipinski definition) is 2. The van der Waals surface area contributed by atoms with Crippen LogP contribution in [0.4, 0.5) is 17.6 Å². The molecule has 0 aliphatic carbocycles. The summed E-state index contributed by atoms with van der Waals surface area (Å²) in [4.78, 5) is 12.8. The van der Waals surface area contributed by atoms with Gasteiger partial charge in [-0.25, -0.2) is 0 Å². The smallest absolute Gasteiger partial charge is 0.223 e. The molecule has 116 valence electrons. The van der Waals surface area contributed by atoms with Crippen LogP contribution >= 0.6 is 15.9 Å². The normalized spacial score (nSPS) is 19.4. The molecule has 3 rings (SSSR count). The van der Waals surface area contributed by atoms with E-state index in [1.807, 2.05) is 6.07 Å². The third-order valence-electron chi connectivity index (χ3n) is 3.99. The van der Waals surface area contributed by atoms with Crippen molar-refractivity contribution in [1.82, 2.24) is 14.9 Å². The second-order valence-corrected chi connectivity index (χ2v) is 6.33. The summed E-state index contributed by atoms with van der Waals surface area (Å²) in [7, 11) is 2.14. The second kappa shape index (κ2) is 6.10. The van der Waals surface area contributed by atoms with Gasteiger partial charge in [-0.2, -0.15) is 9.97 Å². The highest BCUT2D eigenvalue weighted by Crippen LogP contribution is 2.31. The number of piperazine rings is 1. The van der Waals surface area contributed by atoms with E-state index in [1.54, 1.807) is 6.07 Å². The molecule has 0 saturated carbocycles. The molecule has 1 aromatic heterocycles. The van der Waals surface area contributed by atoms with Crippen LogP contribution in [0.5, 0.6) is 0 Å². The average Bonchev–Trinajstić information content (AvgIpc) is 2.47. The Morgan fingerprint density at radius 2 is 1.95 bits per heavy atom. The van der Waals surface area contributed by atoms with Crippen molar-refractivity contribution in [2.45, 2.75) is 6.04 Å². The Labute approximate surface area is 138 Å². The maximum absolute atomic E-state index is 5.79. The Morgan fingerprint density at radius 3 is 2.68 bits per heavy atom. The SMILES string of the molecule is CN1CCN(c2cc(N)nc(N)n2)C[C@@H]1c1ccccc1Br. The van der Waals surface area contributed by atoms with Gasteiger partial charge in [0, 0.05) is 30.2 Å². The number of nitrogen functional groups attached to an aromatic ring is 2. The highest BCUT2D eigenvalue weighted by Gasteiger charge is 2.27. The highest BCUT2D eigenvalue weighted by molar-refractivity contribution is 9.10. The summed E-state index contributed by atoms with van der Waals surface area (Å²) in [6.45, 7) is 2.65. The number of nitrogens with zero attached hydrogens (tertiary/aromatic N) is 4. The lowest BCUT2D eigenvalue weighted by Crippen LogP contribution is -2.47. The predicted octanol–water partition coefficient (Wildman–Crippen LogP) is 1.90. The van der Waals surface area contributed by atoms with Gasteiger partial charge in [0.15, 0.2) is 0 Å². The molecule has 2 aromatic rings. The molecule has 4 N–H and O–H groups in total. The highest BCUT2D eigenvalue weighted by atomic mass is 79.9.